The van der Waals surface area contributed by atoms with Crippen LogP contribution < -0.4 is 10.2 Å². The number of nitrogens with zero attached hydrogens (tertiary/aromatic N) is 3. The summed E-state index contributed by atoms with van der Waals surface area (Å²) in [6.07, 6.45) is 3.09. The summed E-state index contributed by atoms with van der Waals surface area (Å²) in [7, 11) is 1.45. The van der Waals surface area contributed by atoms with E-state index in [1.165, 1.54) is 13.3 Å². The lowest BCUT2D eigenvalue weighted by Gasteiger charge is -2.06. The molecular weight excluding hydrogens is 352 g/mol. The average molecular weight is 367 g/mol. The number of rotatable bonds is 5. The van der Waals surface area contributed by atoms with Crippen LogP contribution in [0.15, 0.2) is 34.0 Å². The van der Waals surface area contributed by atoms with Crippen molar-refractivity contribution in [2.24, 2.45) is 5.10 Å². The van der Waals surface area contributed by atoms with E-state index in [-0.39, 0.29) is 18.2 Å². The number of aromatic hydroxyl groups is 1. The zero-order chi connectivity index (χ0) is 16.1. The monoisotopic (exact) mass is 366 g/mol. The molecule has 0 atom stereocenters. The molecule has 0 saturated heterocycles. The molecule has 2 rings (SSSR count). The number of carbonyl (C=O) groups excluding carboxylic acids is 1. The van der Waals surface area contributed by atoms with Crippen LogP contribution in [0.4, 0.5) is 0 Å². The van der Waals surface area contributed by atoms with Gasteiger partial charge >= 0.3 is 0 Å². The predicted octanol–water partition coefficient (Wildman–Crippen LogP) is 1.82. The van der Waals surface area contributed by atoms with Crippen molar-refractivity contribution >= 4 is 28.1 Å². The molecule has 0 fully saturated rings. The number of hydrazone groups is 1. The third-order valence-corrected chi connectivity index (χ3v) is 3.50. The second-order valence-electron chi connectivity index (χ2n) is 4.48. The maximum atomic E-state index is 11.7. The first-order valence-corrected chi connectivity index (χ1v) is 7.17. The number of aryl methyl sites for hydroxylation is 1. The highest BCUT2D eigenvalue weighted by Crippen LogP contribution is 2.34. The van der Waals surface area contributed by atoms with Crippen LogP contribution in [0.25, 0.3) is 0 Å². The largest absolute Gasteiger partial charge is 0.503 e. The molecule has 0 aliphatic heterocycles. The quantitative estimate of drug-likeness (QED) is 0.623. The summed E-state index contributed by atoms with van der Waals surface area (Å²) in [5, 5.41) is 17.6. The normalized spacial score (nSPS) is 10.9. The minimum absolute atomic E-state index is 0.0119. The molecule has 1 aromatic heterocycles. The highest BCUT2D eigenvalue weighted by molar-refractivity contribution is 9.10. The number of phenolic OH excluding ortho intramolecular Hbond substituents is 1. The van der Waals surface area contributed by atoms with Gasteiger partial charge in [-0.05, 0) is 46.6 Å². The second-order valence-corrected chi connectivity index (χ2v) is 5.33. The molecule has 0 aliphatic carbocycles. The van der Waals surface area contributed by atoms with Gasteiger partial charge in [-0.2, -0.15) is 10.2 Å². The molecule has 0 aliphatic rings. The molecule has 1 heterocycles. The summed E-state index contributed by atoms with van der Waals surface area (Å²) in [5.74, 6) is 0.0417. The number of ether oxygens (including phenoxy) is 1. The first-order chi connectivity index (χ1) is 10.5. The molecular formula is C14H15BrN4O3. The van der Waals surface area contributed by atoms with Crippen LogP contribution >= 0.6 is 15.9 Å². The Kier molecular flexibility index (Phi) is 5.16. The summed E-state index contributed by atoms with van der Waals surface area (Å²) in [4.78, 5) is 11.7. The number of amides is 1. The molecule has 22 heavy (non-hydrogen) atoms. The van der Waals surface area contributed by atoms with Gasteiger partial charge < -0.3 is 9.84 Å². The number of phenols is 1. The summed E-state index contributed by atoms with van der Waals surface area (Å²) >= 11 is 3.22. The standard InChI is InChI=1S/C14H15BrN4O3/c1-9-3-4-17-19(9)8-13(20)18-16-7-10-5-11(15)14(21)12(6-10)22-2/h3-7,21H,8H2,1-2H3,(H,18,20)/b16-7+. The Balaban J connectivity index is 1.99. The number of hydrogen-bond acceptors (Lipinski definition) is 5. The van der Waals surface area contributed by atoms with Crippen molar-refractivity contribution in [3.63, 3.8) is 0 Å². The van der Waals surface area contributed by atoms with Gasteiger partial charge in [-0.15, -0.1) is 0 Å². The summed E-state index contributed by atoms with van der Waals surface area (Å²) < 4.78 is 7.09. The summed E-state index contributed by atoms with van der Waals surface area (Å²) in [6.45, 7) is 1.96. The fourth-order valence-corrected chi connectivity index (χ4v) is 2.20. The fourth-order valence-electron chi connectivity index (χ4n) is 1.74. The minimum Gasteiger partial charge on any atom is -0.503 e. The topological polar surface area (TPSA) is 88.7 Å². The van der Waals surface area contributed by atoms with Gasteiger partial charge in [0.05, 0.1) is 17.8 Å². The van der Waals surface area contributed by atoms with E-state index in [1.54, 1.807) is 23.0 Å². The third kappa shape index (κ3) is 3.85. The molecule has 7 nitrogen and oxygen atoms in total. The van der Waals surface area contributed by atoms with Crippen molar-refractivity contribution in [1.82, 2.24) is 15.2 Å². The van der Waals surface area contributed by atoms with E-state index < -0.39 is 0 Å². The van der Waals surface area contributed by atoms with E-state index in [1.807, 2.05) is 13.0 Å². The Labute approximate surface area is 135 Å². The van der Waals surface area contributed by atoms with Crippen LogP contribution in [-0.4, -0.2) is 34.1 Å². The Morgan fingerprint density at radius 1 is 1.59 bits per heavy atom. The summed E-state index contributed by atoms with van der Waals surface area (Å²) in [5.41, 5.74) is 3.98. The van der Waals surface area contributed by atoms with Crippen molar-refractivity contribution in [3.05, 3.63) is 40.1 Å². The number of nitrogens with one attached hydrogen (secondary N) is 1. The van der Waals surface area contributed by atoms with Gasteiger partial charge in [-0.1, -0.05) is 0 Å². The number of hydrogen-bond donors (Lipinski definition) is 2. The zero-order valence-corrected chi connectivity index (χ0v) is 13.7. The SMILES string of the molecule is COc1cc(/C=N/NC(=O)Cn2nccc2C)cc(Br)c1O. The van der Waals surface area contributed by atoms with E-state index in [0.717, 1.165) is 5.69 Å². The lowest BCUT2D eigenvalue weighted by molar-refractivity contribution is -0.121. The van der Waals surface area contributed by atoms with Crippen molar-refractivity contribution < 1.29 is 14.6 Å². The minimum atomic E-state index is -0.284. The van der Waals surface area contributed by atoms with E-state index in [2.05, 4.69) is 31.6 Å². The van der Waals surface area contributed by atoms with Gasteiger partial charge in [0, 0.05) is 11.9 Å². The van der Waals surface area contributed by atoms with Gasteiger partial charge in [0.25, 0.3) is 5.91 Å². The zero-order valence-electron chi connectivity index (χ0n) is 12.1. The highest BCUT2D eigenvalue weighted by atomic mass is 79.9. The van der Waals surface area contributed by atoms with Crippen LogP contribution in [-0.2, 0) is 11.3 Å². The van der Waals surface area contributed by atoms with Gasteiger partial charge in [0.1, 0.15) is 6.54 Å². The van der Waals surface area contributed by atoms with Crippen LogP contribution in [0.3, 0.4) is 0 Å². The van der Waals surface area contributed by atoms with E-state index in [9.17, 15) is 9.90 Å². The molecule has 2 N–H and O–H groups in total. The molecule has 1 aromatic carbocycles. The highest BCUT2D eigenvalue weighted by Gasteiger charge is 2.08. The molecule has 1 amide bonds. The maximum absolute atomic E-state index is 11.7. The van der Waals surface area contributed by atoms with Crippen LogP contribution in [0.5, 0.6) is 11.5 Å². The number of carbonyl (C=O) groups is 1. The fraction of sp³-hybridized carbons (Fsp3) is 0.214. The van der Waals surface area contributed by atoms with Gasteiger partial charge in [-0.3, -0.25) is 9.48 Å². The van der Waals surface area contributed by atoms with E-state index in [4.69, 9.17) is 4.74 Å². The maximum Gasteiger partial charge on any atom is 0.261 e. The molecule has 0 bridgehead atoms. The molecule has 8 heteroatoms. The predicted molar refractivity (Wildman–Crippen MR) is 85.1 cm³/mol. The Morgan fingerprint density at radius 3 is 3.00 bits per heavy atom. The second kappa shape index (κ2) is 7.08. The van der Waals surface area contributed by atoms with Crippen molar-refractivity contribution in [2.75, 3.05) is 7.11 Å². The molecule has 2 aromatic rings. The Hall–Kier alpha value is -2.35. The third-order valence-electron chi connectivity index (χ3n) is 2.90. The molecule has 0 saturated carbocycles. The Bertz CT molecular complexity index is 712. The van der Waals surface area contributed by atoms with E-state index in [0.29, 0.717) is 15.8 Å². The number of methoxy groups -OCH3 is 1. The number of halogens is 1. The van der Waals surface area contributed by atoms with E-state index >= 15 is 0 Å². The van der Waals surface area contributed by atoms with Crippen LogP contribution in [0.2, 0.25) is 0 Å². The van der Waals surface area contributed by atoms with Crippen molar-refractivity contribution in [1.29, 1.82) is 0 Å². The molecule has 0 radical (unpaired) electrons. The summed E-state index contributed by atoms with van der Waals surface area (Å²) in [6, 6.07) is 5.08. The lowest BCUT2D eigenvalue weighted by atomic mass is 10.2. The molecule has 0 spiro atoms. The van der Waals surface area contributed by atoms with Gasteiger partial charge in [0.15, 0.2) is 11.5 Å². The first-order valence-electron chi connectivity index (χ1n) is 6.38. The first kappa shape index (κ1) is 16.0. The van der Waals surface area contributed by atoms with Crippen molar-refractivity contribution in [3.8, 4) is 11.5 Å². The molecule has 0 unspecified atom stereocenters. The number of aromatic nitrogens is 2. The van der Waals surface area contributed by atoms with Crippen LogP contribution in [0.1, 0.15) is 11.3 Å². The van der Waals surface area contributed by atoms with Crippen LogP contribution in [0, 0.1) is 6.92 Å². The smallest absolute Gasteiger partial charge is 0.261 e. The Morgan fingerprint density at radius 2 is 2.36 bits per heavy atom. The van der Waals surface area contributed by atoms with Gasteiger partial charge in [-0.25, -0.2) is 5.43 Å². The number of benzene rings is 1. The lowest BCUT2D eigenvalue weighted by Crippen LogP contribution is -2.24. The van der Waals surface area contributed by atoms with Crippen molar-refractivity contribution in [2.45, 2.75) is 13.5 Å². The molecule has 116 valence electrons. The van der Waals surface area contributed by atoms with Gasteiger partial charge in [0.2, 0.25) is 0 Å². The average Bonchev–Trinajstić information content (AvgIpc) is 2.87.